The molecule has 3 aromatic rings. The second-order valence-electron chi connectivity index (χ2n) is 9.86. The van der Waals surface area contributed by atoms with Crippen LogP contribution in [0.4, 0.5) is 0 Å². The van der Waals surface area contributed by atoms with Crippen LogP contribution in [0.3, 0.4) is 0 Å². The van der Waals surface area contributed by atoms with Crippen molar-refractivity contribution in [2.24, 2.45) is 0 Å². The van der Waals surface area contributed by atoms with E-state index in [0.717, 1.165) is 36.8 Å². The van der Waals surface area contributed by atoms with Crippen LogP contribution in [0, 0.1) is 0 Å². The van der Waals surface area contributed by atoms with Gasteiger partial charge in [0.2, 0.25) is 11.8 Å². The molecule has 1 saturated carbocycles. The highest BCUT2D eigenvalue weighted by molar-refractivity contribution is 6.35. The minimum absolute atomic E-state index is 0.136. The van der Waals surface area contributed by atoms with Crippen LogP contribution in [-0.2, 0) is 22.6 Å². The van der Waals surface area contributed by atoms with Crippen LogP contribution in [0.5, 0.6) is 5.75 Å². The molecule has 0 bridgehead atoms. The summed E-state index contributed by atoms with van der Waals surface area (Å²) in [6, 6.07) is 21.6. The van der Waals surface area contributed by atoms with Crippen molar-refractivity contribution < 1.29 is 14.3 Å². The Morgan fingerprint density at radius 3 is 2.31 bits per heavy atom. The van der Waals surface area contributed by atoms with Crippen LogP contribution in [0.2, 0.25) is 15.1 Å². The van der Waals surface area contributed by atoms with Gasteiger partial charge in [0.25, 0.3) is 0 Å². The number of hydrogen-bond acceptors (Lipinski definition) is 3. The first kappa shape index (κ1) is 29.3. The third kappa shape index (κ3) is 8.89. The van der Waals surface area contributed by atoms with Crippen molar-refractivity contribution in [1.82, 2.24) is 10.2 Å². The molecule has 1 atom stereocenters. The third-order valence-corrected chi connectivity index (χ3v) is 7.78. The molecule has 1 N–H and O–H groups in total. The van der Waals surface area contributed by atoms with E-state index in [9.17, 15) is 9.59 Å². The van der Waals surface area contributed by atoms with Crippen molar-refractivity contribution >= 4 is 46.6 Å². The normalized spacial score (nSPS) is 14.1. The van der Waals surface area contributed by atoms with Gasteiger partial charge in [0, 0.05) is 40.5 Å². The molecule has 0 spiro atoms. The Morgan fingerprint density at radius 1 is 0.923 bits per heavy atom. The molecule has 39 heavy (non-hydrogen) atoms. The van der Waals surface area contributed by atoms with Crippen molar-refractivity contribution in [1.29, 1.82) is 0 Å². The second kappa shape index (κ2) is 14.6. The predicted octanol–water partition coefficient (Wildman–Crippen LogP) is 7.50. The summed E-state index contributed by atoms with van der Waals surface area (Å²) >= 11 is 18.6. The van der Waals surface area contributed by atoms with Gasteiger partial charge < -0.3 is 15.0 Å². The maximum absolute atomic E-state index is 13.8. The molecular formula is C31H33Cl3N2O3. The second-order valence-corrected chi connectivity index (χ2v) is 11.1. The lowest BCUT2D eigenvalue weighted by Crippen LogP contribution is -2.52. The average molecular weight is 588 g/mol. The smallest absolute Gasteiger partial charge is 0.243 e. The van der Waals surface area contributed by atoms with E-state index in [1.807, 2.05) is 36.4 Å². The number of ether oxygens (including phenoxy) is 1. The van der Waals surface area contributed by atoms with Gasteiger partial charge in [-0.15, -0.1) is 0 Å². The van der Waals surface area contributed by atoms with Gasteiger partial charge in [-0.3, -0.25) is 9.59 Å². The van der Waals surface area contributed by atoms with Gasteiger partial charge in [-0.2, -0.15) is 0 Å². The molecule has 0 heterocycles. The zero-order valence-corrected chi connectivity index (χ0v) is 24.0. The largest absolute Gasteiger partial charge is 0.494 e. The number of nitrogens with one attached hydrogen (secondary N) is 1. The molecular weight excluding hydrogens is 555 g/mol. The highest BCUT2D eigenvalue weighted by Gasteiger charge is 2.32. The van der Waals surface area contributed by atoms with Crippen LogP contribution in [0.1, 0.15) is 49.7 Å². The zero-order chi connectivity index (χ0) is 27.6. The van der Waals surface area contributed by atoms with Crippen LogP contribution in [0.15, 0.2) is 72.8 Å². The molecule has 1 aliphatic carbocycles. The topological polar surface area (TPSA) is 58.6 Å². The predicted molar refractivity (Wildman–Crippen MR) is 158 cm³/mol. The monoisotopic (exact) mass is 586 g/mol. The molecule has 206 valence electrons. The molecule has 1 fully saturated rings. The first-order valence-electron chi connectivity index (χ1n) is 13.3. The van der Waals surface area contributed by atoms with Gasteiger partial charge in [-0.05, 0) is 66.8 Å². The third-order valence-electron chi connectivity index (χ3n) is 6.95. The van der Waals surface area contributed by atoms with Crippen molar-refractivity contribution in [2.45, 2.75) is 63.6 Å². The minimum atomic E-state index is -0.690. The van der Waals surface area contributed by atoms with Gasteiger partial charge >= 0.3 is 0 Å². The highest BCUT2D eigenvalue weighted by atomic mass is 35.5. The molecule has 5 nitrogen and oxygen atoms in total. The number of carbonyl (C=O) groups excluding carboxylic acids is 2. The Morgan fingerprint density at radius 2 is 1.62 bits per heavy atom. The minimum Gasteiger partial charge on any atom is -0.494 e. The number of halogens is 3. The van der Waals surface area contributed by atoms with Crippen molar-refractivity contribution in [3.8, 4) is 5.75 Å². The van der Waals surface area contributed by atoms with Crippen molar-refractivity contribution in [2.75, 3.05) is 6.61 Å². The van der Waals surface area contributed by atoms with E-state index in [-0.39, 0.29) is 30.8 Å². The first-order valence-corrected chi connectivity index (χ1v) is 14.5. The van der Waals surface area contributed by atoms with E-state index in [0.29, 0.717) is 40.3 Å². The molecule has 8 heteroatoms. The lowest BCUT2D eigenvalue weighted by molar-refractivity contribution is -0.141. The van der Waals surface area contributed by atoms with E-state index in [1.165, 1.54) is 0 Å². The Hall–Kier alpha value is -2.73. The molecule has 4 rings (SSSR count). The van der Waals surface area contributed by atoms with Crippen molar-refractivity contribution in [3.63, 3.8) is 0 Å². The van der Waals surface area contributed by atoms with Gasteiger partial charge in [0.05, 0.1) is 6.61 Å². The summed E-state index contributed by atoms with van der Waals surface area (Å²) in [6.07, 6.45) is 5.24. The fraction of sp³-hybridized carbons (Fsp3) is 0.355. The van der Waals surface area contributed by atoms with Gasteiger partial charge in [0.15, 0.2) is 0 Å². The van der Waals surface area contributed by atoms with E-state index >= 15 is 0 Å². The van der Waals surface area contributed by atoms with Gasteiger partial charge in [-0.25, -0.2) is 0 Å². The van der Waals surface area contributed by atoms with Gasteiger partial charge in [0.1, 0.15) is 11.8 Å². The number of rotatable bonds is 12. The summed E-state index contributed by atoms with van der Waals surface area (Å²) < 4.78 is 5.79. The number of carbonyl (C=O) groups is 2. The summed E-state index contributed by atoms with van der Waals surface area (Å²) in [5, 5.41) is 4.82. The molecule has 1 aliphatic rings. The fourth-order valence-corrected chi connectivity index (χ4v) is 5.44. The molecule has 0 radical (unpaired) electrons. The Bertz CT molecular complexity index is 1230. The lowest BCUT2D eigenvalue weighted by Gasteiger charge is -2.32. The van der Waals surface area contributed by atoms with Crippen LogP contribution < -0.4 is 10.1 Å². The molecule has 2 amide bonds. The van der Waals surface area contributed by atoms with E-state index in [4.69, 9.17) is 39.5 Å². The summed E-state index contributed by atoms with van der Waals surface area (Å²) in [5.41, 5.74) is 1.72. The maximum atomic E-state index is 13.8. The summed E-state index contributed by atoms with van der Waals surface area (Å²) in [7, 11) is 0. The molecule has 1 unspecified atom stereocenters. The first-order chi connectivity index (χ1) is 18.9. The quantitative estimate of drug-likeness (QED) is 0.223. The number of nitrogens with zero attached hydrogens (tertiary/aromatic N) is 1. The highest BCUT2D eigenvalue weighted by Crippen LogP contribution is 2.25. The van der Waals surface area contributed by atoms with E-state index in [1.54, 1.807) is 41.3 Å². The molecule has 0 aromatic heterocycles. The standard InChI is InChI=1S/C31H33Cl3N2O3/c32-24-14-16-27(17-15-24)39-18-6-11-30(37)36(21-23-12-13-25(33)20-28(23)34)29(19-22-7-2-1-3-8-22)31(38)35-26-9-4-5-10-26/h1-3,7-8,12-17,20,26,29H,4-6,9-11,18-19,21H2,(H,35,38). The Balaban J connectivity index is 1.54. The van der Waals surface area contributed by atoms with Gasteiger partial charge in [-0.1, -0.05) is 84.0 Å². The fourth-order valence-electron chi connectivity index (χ4n) is 4.84. The Kier molecular flexibility index (Phi) is 11.0. The molecule has 0 aliphatic heterocycles. The van der Waals surface area contributed by atoms with E-state index < -0.39 is 6.04 Å². The van der Waals surface area contributed by atoms with Crippen molar-refractivity contribution in [3.05, 3.63) is 99.0 Å². The zero-order valence-electron chi connectivity index (χ0n) is 21.8. The number of hydrogen-bond donors (Lipinski definition) is 1. The number of amides is 2. The average Bonchev–Trinajstić information content (AvgIpc) is 3.44. The number of benzene rings is 3. The van der Waals surface area contributed by atoms with E-state index in [2.05, 4.69) is 5.32 Å². The summed E-state index contributed by atoms with van der Waals surface area (Å²) in [5.74, 6) is 0.416. The van der Waals surface area contributed by atoms with Crippen LogP contribution in [0.25, 0.3) is 0 Å². The van der Waals surface area contributed by atoms with Crippen LogP contribution >= 0.6 is 34.8 Å². The lowest BCUT2D eigenvalue weighted by atomic mass is 10.0. The summed E-state index contributed by atoms with van der Waals surface area (Å²) in [6.45, 7) is 0.559. The van der Waals surface area contributed by atoms with Crippen LogP contribution in [-0.4, -0.2) is 35.4 Å². The summed E-state index contributed by atoms with van der Waals surface area (Å²) in [4.78, 5) is 29.1. The SMILES string of the molecule is O=C(NC1CCCC1)C(Cc1ccccc1)N(Cc1ccc(Cl)cc1Cl)C(=O)CCCOc1ccc(Cl)cc1. The molecule has 0 saturated heterocycles. The Labute approximate surface area is 245 Å². The molecule has 3 aromatic carbocycles. The maximum Gasteiger partial charge on any atom is 0.243 e.